The van der Waals surface area contributed by atoms with Crippen LogP contribution in [0.1, 0.15) is 90.3 Å². The Bertz CT molecular complexity index is 1260. The molecule has 4 nitrogen and oxygen atoms in total. The molecule has 2 aromatic heterocycles. The maximum absolute atomic E-state index is 3.43. The summed E-state index contributed by atoms with van der Waals surface area (Å²) >= 11 is 0. The molecule has 0 atom stereocenters. The summed E-state index contributed by atoms with van der Waals surface area (Å²) in [6, 6.07) is 13.5. The Kier molecular flexibility index (Phi) is 11.5. The van der Waals surface area contributed by atoms with Gasteiger partial charge in [0.2, 0.25) is 0 Å². The molecule has 2 aliphatic rings. The van der Waals surface area contributed by atoms with E-state index in [0.717, 1.165) is 24.9 Å². The number of hydrogen-bond donors (Lipinski definition) is 2. The molecule has 0 unspecified atom stereocenters. The molecule has 0 bridgehead atoms. The molecular formula is C34H56N4. The van der Waals surface area contributed by atoms with Crippen LogP contribution in [0, 0.1) is 13.8 Å². The third-order valence-electron chi connectivity index (χ3n) is 7.98. The first-order valence-corrected chi connectivity index (χ1v) is 15.0. The number of H-pyrrole nitrogens is 1. The van der Waals surface area contributed by atoms with Gasteiger partial charge in [-0.25, -0.2) is 0 Å². The Morgan fingerprint density at radius 2 is 1.34 bits per heavy atom. The summed E-state index contributed by atoms with van der Waals surface area (Å²) in [5.41, 5.74) is 8.42. The van der Waals surface area contributed by atoms with E-state index in [9.17, 15) is 0 Å². The molecule has 0 aliphatic carbocycles. The first-order chi connectivity index (χ1) is 18.5. The molecule has 2 saturated heterocycles. The summed E-state index contributed by atoms with van der Waals surface area (Å²) < 4.78 is 2.29. The number of nitrogens with one attached hydrogen (secondary N) is 2. The zero-order chi connectivity index (χ0) is 27.7. The summed E-state index contributed by atoms with van der Waals surface area (Å²) in [7, 11) is 4.39. The second-order valence-electron chi connectivity index (χ2n) is 10.6. The highest BCUT2D eigenvalue weighted by molar-refractivity contribution is 5.85. The van der Waals surface area contributed by atoms with Crippen LogP contribution in [-0.4, -0.2) is 47.7 Å². The molecule has 38 heavy (non-hydrogen) atoms. The highest BCUT2D eigenvalue weighted by Crippen LogP contribution is 2.34. The standard InChI is InChI=1S/C16H22N2.C14H18N2.2C2H6.2H2/c1-12-4-5-14-15(11-18(3)16(14)10-12)13-6-8-17(2)9-7-13;1-10-2-3-14-12(8-10)13(9-16-14)11-4-6-15-7-5-11;2*1-2;;/h4-5,10-11,13H,6-9H2,1-3H3;2-3,8-9,11,15-16H,4-7H2,1H3;2*1-2H3;2*1H. The van der Waals surface area contributed by atoms with Gasteiger partial charge in [0.05, 0.1) is 0 Å². The van der Waals surface area contributed by atoms with Crippen molar-refractivity contribution in [2.45, 2.75) is 79.1 Å². The van der Waals surface area contributed by atoms with Gasteiger partial charge in [-0.1, -0.05) is 51.5 Å². The third kappa shape index (κ3) is 7.09. The zero-order valence-corrected chi connectivity index (χ0v) is 25.3. The minimum atomic E-state index is 0. The van der Waals surface area contributed by atoms with E-state index < -0.39 is 0 Å². The number of rotatable bonds is 2. The molecule has 0 amide bonds. The van der Waals surface area contributed by atoms with Gasteiger partial charge >= 0.3 is 0 Å². The lowest BCUT2D eigenvalue weighted by atomic mass is 9.89. The monoisotopic (exact) mass is 520 g/mol. The van der Waals surface area contributed by atoms with E-state index in [-0.39, 0.29) is 2.85 Å². The second kappa shape index (κ2) is 14.6. The van der Waals surface area contributed by atoms with E-state index in [0.29, 0.717) is 0 Å². The van der Waals surface area contributed by atoms with Gasteiger partial charge in [-0.2, -0.15) is 0 Å². The molecule has 0 radical (unpaired) electrons. The summed E-state index contributed by atoms with van der Waals surface area (Å²) in [4.78, 5) is 5.83. The van der Waals surface area contributed by atoms with Crippen molar-refractivity contribution in [3.63, 3.8) is 0 Å². The molecule has 4 heterocycles. The normalized spacial score (nSPS) is 16.7. The van der Waals surface area contributed by atoms with Crippen LogP contribution in [-0.2, 0) is 7.05 Å². The van der Waals surface area contributed by atoms with Crippen molar-refractivity contribution in [3.8, 4) is 0 Å². The average Bonchev–Trinajstić information content (AvgIpc) is 3.52. The number of fused-ring (bicyclic) bond motifs is 2. The van der Waals surface area contributed by atoms with E-state index in [1.807, 2.05) is 27.7 Å². The minimum absolute atomic E-state index is 0. The first-order valence-electron chi connectivity index (χ1n) is 15.0. The Labute approximate surface area is 234 Å². The summed E-state index contributed by atoms with van der Waals surface area (Å²) in [5.74, 6) is 1.48. The Hall–Kier alpha value is -2.56. The fraction of sp³-hybridized carbons (Fsp3) is 0.529. The minimum Gasteiger partial charge on any atom is -0.361 e. The number of piperidine rings is 2. The molecule has 4 heteroatoms. The van der Waals surface area contributed by atoms with Crippen LogP contribution in [0.4, 0.5) is 0 Å². The molecule has 0 spiro atoms. The third-order valence-corrected chi connectivity index (χ3v) is 7.98. The van der Waals surface area contributed by atoms with Crippen molar-refractivity contribution >= 4 is 21.8 Å². The van der Waals surface area contributed by atoms with Crippen molar-refractivity contribution in [2.24, 2.45) is 7.05 Å². The molecule has 212 valence electrons. The van der Waals surface area contributed by atoms with Crippen LogP contribution in [0.3, 0.4) is 0 Å². The fourth-order valence-electron chi connectivity index (χ4n) is 5.90. The van der Waals surface area contributed by atoms with E-state index in [1.165, 1.54) is 77.3 Å². The van der Waals surface area contributed by atoms with E-state index in [4.69, 9.17) is 0 Å². The quantitative estimate of drug-likeness (QED) is 0.277. The maximum atomic E-state index is 3.43. The van der Waals surface area contributed by atoms with Gasteiger partial charge < -0.3 is 19.8 Å². The number of aryl methyl sites for hydroxylation is 3. The van der Waals surface area contributed by atoms with Crippen molar-refractivity contribution in [1.82, 2.24) is 19.8 Å². The van der Waals surface area contributed by atoms with E-state index in [2.05, 4.69) is 96.5 Å². The average molecular weight is 521 g/mol. The molecule has 2 N–H and O–H groups in total. The SMILES string of the molecule is CC.CC.Cc1ccc2[nH]cc(C3CCNCC3)c2c1.Cc1ccc2c(C3CCN(C)CC3)cn(C)c2c1.[HH].[HH]. The number of nitrogens with zero attached hydrogens (tertiary/aromatic N) is 2. The Balaban J connectivity index is 0.000000342. The topological polar surface area (TPSA) is 36.0 Å². The zero-order valence-electron chi connectivity index (χ0n) is 25.3. The predicted octanol–water partition coefficient (Wildman–Crippen LogP) is 8.78. The lowest BCUT2D eigenvalue weighted by Gasteiger charge is -2.28. The number of aromatic amines is 1. The molecule has 6 rings (SSSR count). The van der Waals surface area contributed by atoms with Gasteiger partial charge in [-0.05, 0) is 119 Å². The van der Waals surface area contributed by atoms with Gasteiger partial charge in [0.25, 0.3) is 0 Å². The molecule has 0 saturated carbocycles. The van der Waals surface area contributed by atoms with Crippen LogP contribution in [0.2, 0.25) is 0 Å². The number of hydrogen-bond acceptors (Lipinski definition) is 2. The number of benzene rings is 2. The van der Waals surface area contributed by atoms with Crippen molar-refractivity contribution in [2.75, 3.05) is 33.2 Å². The van der Waals surface area contributed by atoms with Gasteiger partial charge in [0, 0.05) is 44.1 Å². The lowest BCUT2D eigenvalue weighted by molar-refractivity contribution is 0.256. The van der Waals surface area contributed by atoms with E-state index in [1.54, 1.807) is 5.56 Å². The summed E-state index contributed by atoms with van der Waals surface area (Å²) in [6.07, 6.45) is 9.68. The van der Waals surface area contributed by atoms with Crippen molar-refractivity contribution < 1.29 is 2.85 Å². The van der Waals surface area contributed by atoms with Gasteiger partial charge in [0.1, 0.15) is 0 Å². The van der Waals surface area contributed by atoms with E-state index >= 15 is 0 Å². The maximum Gasteiger partial charge on any atom is 0.0483 e. The highest BCUT2D eigenvalue weighted by Gasteiger charge is 2.22. The lowest BCUT2D eigenvalue weighted by Crippen LogP contribution is -2.29. The Morgan fingerprint density at radius 1 is 0.737 bits per heavy atom. The first kappa shape index (κ1) is 30.0. The molecule has 4 aromatic rings. The van der Waals surface area contributed by atoms with Gasteiger partial charge in [-0.3, -0.25) is 0 Å². The van der Waals surface area contributed by atoms with Crippen molar-refractivity contribution in [3.05, 3.63) is 71.0 Å². The fourth-order valence-corrected chi connectivity index (χ4v) is 5.90. The van der Waals surface area contributed by atoms with Gasteiger partial charge in [-0.15, -0.1) is 0 Å². The molecule has 2 aliphatic heterocycles. The Morgan fingerprint density at radius 3 is 2.03 bits per heavy atom. The highest BCUT2D eigenvalue weighted by atomic mass is 15.1. The predicted molar refractivity (Wildman–Crippen MR) is 172 cm³/mol. The van der Waals surface area contributed by atoms with Gasteiger partial charge in [0.15, 0.2) is 0 Å². The largest absolute Gasteiger partial charge is 0.361 e. The van der Waals surface area contributed by atoms with Crippen LogP contribution in [0.15, 0.2) is 48.8 Å². The molecule has 2 fully saturated rings. The number of likely N-dealkylation sites (tertiary alicyclic amines) is 1. The molecular weight excluding hydrogens is 464 g/mol. The summed E-state index contributed by atoms with van der Waals surface area (Å²) in [5, 5.41) is 6.31. The van der Waals surface area contributed by atoms with Crippen LogP contribution in [0.5, 0.6) is 0 Å². The van der Waals surface area contributed by atoms with Crippen LogP contribution >= 0.6 is 0 Å². The summed E-state index contributed by atoms with van der Waals surface area (Å²) in [6.45, 7) is 17.1. The van der Waals surface area contributed by atoms with Crippen LogP contribution < -0.4 is 5.32 Å². The smallest absolute Gasteiger partial charge is 0.0483 e. The molecule has 2 aromatic carbocycles. The second-order valence-corrected chi connectivity index (χ2v) is 10.6. The number of aromatic nitrogens is 2. The van der Waals surface area contributed by atoms with Crippen molar-refractivity contribution in [1.29, 1.82) is 0 Å². The van der Waals surface area contributed by atoms with Crippen LogP contribution in [0.25, 0.3) is 21.8 Å².